The van der Waals surface area contributed by atoms with E-state index in [1.807, 2.05) is 19.1 Å². The number of nitrogens with zero attached hydrogens (tertiary/aromatic N) is 4. The molecule has 9 heteroatoms. The van der Waals surface area contributed by atoms with Gasteiger partial charge in [0.25, 0.3) is 5.95 Å². The maximum Gasteiger partial charge on any atom is 0.263 e. The standard InChI is InChI=1S/C12H14Br2N6O/c1-3-10-17-19-12(20(10)15)18-16-6-7-4-8(13)5-9(14)11(7)21-2/h4-6H,3,15H2,1-2H3,(H,18,19)/b16-6-. The predicted molar refractivity (Wildman–Crippen MR) is 89.2 cm³/mol. The molecule has 3 N–H and O–H groups in total. The Morgan fingerprint density at radius 3 is 2.81 bits per heavy atom. The predicted octanol–water partition coefficient (Wildman–Crippen LogP) is 2.53. The number of methoxy groups -OCH3 is 1. The first-order chi connectivity index (χ1) is 10.1. The Labute approximate surface area is 138 Å². The van der Waals surface area contributed by atoms with E-state index in [4.69, 9.17) is 10.6 Å². The summed E-state index contributed by atoms with van der Waals surface area (Å²) >= 11 is 6.86. The summed E-state index contributed by atoms with van der Waals surface area (Å²) in [4.78, 5) is 0. The summed E-state index contributed by atoms with van der Waals surface area (Å²) in [6.45, 7) is 1.95. The van der Waals surface area contributed by atoms with Crippen LogP contribution in [0.15, 0.2) is 26.2 Å². The highest BCUT2D eigenvalue weighted by Crippen LogP contribution is 2.31. The molecule has 0 aliphatic carbocycles. The number of nitrogens with two attached hydrogens (primary N) is 1. The number of aryl methyl sites for hydroxylation is 1. The first kappa shape index (κ1) is 15.8. The van der Waals surface area contributed by atoms with Crippen LogP contribution in [0.4, 0.5) is 5.95 Å². The number of hydrazone groups is 1. The quantitative estimate of drug-likeness (QED) is 0.443. The van der Waals surface area contributed by atoms with Gasteiger partial charge in [0.2, 0.25) is 0 Å². The van der Waals surface area contributed by atoms with Gasteiger partial charge in [-0.15, -0.1) is 10.2 Å². The molecule has 0 spiro atoms. The second-order valence-electron chi connectivity index (χ2n) is 4.04. The molecule has 0 amide bonds. The van der Waals surface area contributed by atoms with E-state index in [1.165, 1.54) is 4.68 Å². The summed E-state index contributed by atoms with van der Waals surface area (Å²) < 4.78 is 8.44. The number of ether oxygens (including phenoxy) is 1. The van der Waals surface area contributed by atoms with E-state index >= 15 is 0 Å². The minimum Gasteiger partial charge on any atom is -0.495 e. The lowest BCUT2D eigenvalue weighted by Gasteiger charge is -2.07. The van der Waals surface area contributed by atoms with Crippen LogP contribution in [0.3, 0.4) is 0 Å². The van der Waals surface area contributed by atoms with Gasteiger partial charge in [-0.1, -0.05) is 22.9 Å². The van der Waals surface area contributed by atoms with Crippen LogP contribution in [-0.4, -0.2) is 28.2 Å². The lowest BCUT2D eigenvalue weighted by molar-refractivity contribution is 0.411. The van der Waals surface area contributed by atoms with E-state index < -0.39 is 0 Å². The molecule has 0 saturated carbocycles. The van der Waals surface area contributed by atoms with Gasteiger partial charge in [-0.25, -0.2) is 10.1 Å². The van der Waals surface area contributed by atoms with Crippen molar-refractivity contribution in [1.29, 1.82) is 0 Å². The number of rotatable bonds is 5. The van der Waals surface area contributed by atoms with Gasteiger partial charge in [-0.3, -0.25) is 0 Å². The topological polar surface area (TPSA) is 90.4 Å². The fraction of sp³-hybridized carbons (Fsp3) is 0.250. The molecule has 21 heavy (non-hydrogen) atoms. The van der Waals surface area contributed by atoms with E-state index in [0.29, 0.717) is 23.9 Å². The van der Waals surface area contributed by atoms with Crippen LogP contribution < -0.4 is 16.0 Å². The van der Waals surface area contributed by atoms with Crippen LogP contribution in [0.25, 0.3) is 0 Å². The summed E-state index contributed by atoms with van der Waals surface area (Å²) in [6.07, 6.45) is 2.32. The molecule has 2 aromatic rings. The fourth-order valence-electron chi connectivity index (χ4n) is 1.69. The zero-order valence-electron chi connectivity index (χ0n) is 11.5. The summed E-state index contributed by atoms with van der Waals surface area (Å²) in [5.74, 6) is 7.55. The molecule has 0 aliphatic heterocycles. The molecule has 1 heterocycles. The molecule has 112 valence electrons. The Balaban J connectivity index is 2.20. The SMILES string of the molecule is CCc1nnc(N/N=C\c2cc(Br)cc(Br)c2OC)n1N. The first-order valence-electron chi connectivity index (χ1n) is 6.08. The molecule has 1 aromatic carbocycles. The third kappa shape index (κ3) is 3.53. The molecule has 1 aromatic heterocycles. The summed E-state index contributed by atoms with van der Waals surface area (Å²) in [7, 11) is 1.60. The van der Waals surface area contributed by atoms with Gasteiger partial charge in [-0.05, 0) is 28.1 Å². The summed E-state index contributed by atoms with van der Waals surface area (Å²) in [5, 5.41) is 12.0. The maximum absolute atomic E-state index is 5.81. The normalized spacial score (nSPS) is 11.0. The van der Waals surface area contributed by atoms with Crippen LogP contribution in [0.1, 0.15) is 18.3 Å². The van der Waals surface area contributed by atoms with Crippen molar-refractivity contribution < 1.29 is 4.74 Å². The number of halogens is 2. The van der Waals surface area contributed by atoms with E-state index in [9.17, 15) is 0 Å². The largest absolute Gasteiger partial charge is 0.495 e. The highest BCUT2D eigenvalue weighted by molar-refractivity contribution is 9.11. The number of benzene rings is 1. The van der Waals surface area contributed by atoms with Crippen molar-refractivity contribution in [3.63, 3.8) is 0 Å². The molecule has 0 bridgehead atoms. The third-order valence-corrected chi connectivity index (χ3v) is 3.74. The molecule has 0 unspecified atom stereocenters. The van der Waals surface area contributed by atoms with Gasteiger partial charge >= 0.3 is 0 Å². The van der Waals surface area contributed by atoms with Crippen LogP contribution in [0.2, 0.25) is 0 Å². The molecule has 2 rings (SSSR count). The zero-order valence-corrected chi connectivity index (χ0v) is 14.6. The second-order valence-corrected chi connectivity index (χ2v) is 5.81. The van der Waals surface area contributed by atoms with E-state index in [0.717, 1.165) is 14.5 Å². The highest BCUT2D eigenvalue weighted by Gasteiger charge is 2.08. The summed E-state index contributed by atoms with van der Waals surface area (Å²) in [6, 6.07) is 3.78. The average Bonchev–Trinajstić information content (AvgIpc) is 2.79. The monoisotopic (exact) mass is 416 g/mol. The van der Waals surface area contributed by atoms with E-state index in [-0.39, 0.29) is 0 Å². The van der Waals surface area contributed by atoms with Crippen LogP contribution in [-0.2, 0) is 6.42 Å². The van der Waals surface area contributed by atoms with Crippen molar-refractivity contribution in [2.75, 3.05) is 18.4 Å². The molecule has 0 saturated heterocycles. The average molecular weight is 418 g/mol. The van der Waals surface area contributed by atoms with Gasteiger partial charge in [0.1, 0.15) is 5.75 Å². The van der Waals surface area contributed by atoms with Crippen molar-refractivity contribution in [3.05, 3.63) is 32.5 Å². The Kier molecular flexibility index (Phi) is 5.18. The van der Waals surface area contributed by atoms with Crippen LogP contribution in [0, 0.1) is 0 Å². The number of nitrogens with one attached hydrogen (secondary N) is 1. The van der Waals surface area contributed by atoms with E-state index in [1.54, 1.807) is 13.3 Å². The molecule has 0 atom stereocenters. The number of aromatic nitrogens is 3. The van der Waals surface area contributed by atoms with Crippen LogP contribution >= 0.6 is 31.9 Å². The lowest BCUT2D eigenvalue weighted by atomic mass is 10.2. The number of anilines is 1. The Morgan fingerprint density at radius 1 is 1.43 bits per heavy atom. The molecule has 0 aliphatic rings. The Bertz CT molecular complexity index is 670. The summed E-state index contributed by atoms with van der Waals surface area (Å²) in [5.41, 5.74) is 3.55. The van der Waals surface area contributed by atoms with Crippen molar-refractivity contribution in [2.24, 2.45) is 5.10 Å². The number of hydrogen-bond acceptors (Lipinski definition) is 6. The van der Waals surface area contributed by atoms with Crippen molar-refractivity contribution >= 4 is 44.0 Å². The minimum absolute atomic E-state index is 0.371. The van der Waals surface area contributed by atoms with Gasteiger partial charge < -0.3 is 10.6 Å². The van der Waals surface area contributed by atoms with E-state index in [2.05, 4.69) is 52.6 Å². The molecule has 7 nitrogen and oxygen atoms in total. The molecule has 0 radical (unpaired) electrons. The number of hydrogen-bond donors (Lipinski definition) is 2. The zero-order chi connectivity index (χ0) is 15.4. The smallest absolute Gasteiger partial charge is 0.263 e. The van der Waals surface area contributed by atoms with Crippen molar-refractivity contribution in [2.45, 2.75) is 13.3 Å². The third-order valence-electron chi connectivity index (χ3n) is 2.69. The highest BCUT2D eigenvalue weighted by atomic mass is 79.9. The van der Waals surface area contributed by atoms with Crippen molar-refractivity contribution in [3.8, 4) is 5.75 Å². The van der Waals surface area contributed by atoms with Gasteiger partial charge in [0.15, 0.2) is 5.82 Å². The Hall–Kier alpha value is -1.61. The Morgan fingerprint density at radius 2 is 2.19 bits per heavy atom. The van der Waals surface area contributed by atoms with Gasteiger partial charge in [-0.2, -0.15) is 5.10 Å². The molecular formula is C12H14Br2N6O. The first-order valence-corrected chi connectivity index (χ1v) is 7.66. The molecule has 0 fully saturated rings. The van der Waals surface area contributed by atoms with Gasteiger partial charge in [0.05, 0.1) is 17.8 Å². The van der Waals surface area contributed by atoms with Crippen molar-refractivity contribution in [1.82, 2.24) is 14.9 Å². The van der Waals surface area contributed by atoms with Gasteiger partial charge in [0, 0.05) is 16.5 Å². The lowest BCUT2D eigenvalue weighted by Crippen LogP contribution is -2.14. The molecular weight excluding hydrogens is 404 g/mol. The number of nitrogen functional groups attached to an aromatic ring is 1. The van der Waals surface area contributed by atoms with Crippen LogP contribution in [0.5, 0.6) is 5.75 Å². The minimum atomic E-state index is 0.371. The maximum atomic E-state index is 5.81. The second kappa shape index (κ2) is 6.90. The fourth-order valence-corrected chi connectivity index (χ4v) is 3.11.